The van der Waals surface area contributed by atoms with Gasteiger partial charge in [-0.25, -0.2) is 4.39 Å². The van der Waals surface area contributed by atoms with Crippen LogP contribution in [0.4, 0.5) is 4.39 Å². The molecule has 0 fully saturated rings. The second-order valence-corrected chi connectivity index (χ2v) is 3.17. The predicted octanol–water partition coefficient (Wildman–Crippen LogP) is 1.86. The molecule has 78 valence electrons. The monoisotopic (exact) mass is 197 g/mol. The van der Waals surface area contributed by atoms with Crippen molar-refractivity contribution >= 4 is 0 Å². The lowest BCUT2D eigenvalue weighted by Gasteiger charge is -2.16. The zero-order chi connectivity index (χ0) is 10.4. The summed E-state index contributed by atoms with van der Waals surface area (Å²) in [6.07, 6.45) is 0.652. The minimum Gasteiger partial charge on any atom is -0.396 e. The molecule has 0 bridgehead atoms. The first-order valence-corrected chi connectivity index (χ1v) is 4.87. The minimum absolute atomic E-state index is 0.116. The lowest BCUT2D eigenvalue weighted by Crippen LogP contribution is -2.21. The Morgan fingerprint density at radius 2 is 2.00 bits per heavy atom. The van der Waals surface area contributed by atoms with E-state index in [9.17, 15) is 4.39 Å². The van der Waals surface area contributed by atoms with Gasteiger partial charge >= 0.3 is 0 Å². The number of rotatable bonds is 5. The van der Waals surface area contributed by atoms with Gasteiger partial charge in [0.2, 0.25) is 0 Å². The predicted molar refractivity (Wildman–Crippen MR) is 54.5 cm³/mol. The standard InChI is InChI=1S/C11H16FNO/c1-2-13-11(7-8-14)9-3-5-10(12)6-4-9/h3-6,11,13-14H,2,7-8H2,1H3. The van der Waals surface area contributed by atoms with E-state index < -0.39 is 0 Å². The molecule has 0 saturated heterocycles. The molecule has 0 saturated carbocycles. The molecule has 0 spiro atoms. The topological polar surface area (TPSA) is 32.3 Å². The highest BCUT2D eigenvalue weighted by Crippen LogP contribution is 2.16. The molecule has 0 aliphatic heterocycles. The Hall–Kier alpha value is -0.930. The van der Waals surface area contributed by atoms with Gasteiger partial charge in [-0.15, -0.1) is 0 Å². The summed E-state index contributed by atoms with van der Waals surface area (Å²) >= 11 is 0. The molecule has 1 atom stereocenters. The smallest absolute Gasteiger partial charge is 0.123 e. The van der Waals surface area contributed by atoms with Crippen molar-refractivity contribution in [3.05, 3.63) is 35.6 Å². The van der Waals surface area contributed by atoms with E-state index in [-0.39, 0.29) is 18.5 Å². The number of hydrogen-bond donors (Lipinski definition) is 2. The van der Waals surface area contributed by atoms with Crippen molar-refractivity contribution in [2.45, 2.75) is 19.4 Å². The van der Waals surface area contributed by atoms with E-state index in [0.29, 0.717) is 6.42 Å². The molecule has 1 aromatic rings. The van der Waals surface area contributed by atoms with Crippen LogP contribution in [0, 0.1) is 5.82 Å². The second kappa shape index (κ2) is 5.73. The number of halogens is 1. The van der Waals surface area contributed by atoms with Crippen molar-refractivity contribution in [3.8, 4) is 0 Å². The summed E-state index contributed by atoms with van der Waals surface area (Å²) in [6, 6.07) is 6.50. The molecule has 3 heteroatoms. The SMILES string of the molecule is CCNC(CCO)c1ccc(F)cc1. The molecular formula is C11H16FNO. The molecule has 0 amide bonds. The van der Waals surface area contributed by atoms with Gasteiger partial charge in [0, 0.05) is 12.6 Å². The Bertz CT molecular complexity index is 254. The maximum Gasteiger partial charge on any atom is 0.123 e. The van der Waals surface area contributed by atoms with Crippen LogP contribution in [0.3, 0.4) is 0 Å². The van der Waals surface area contributed by atoms with Gasteiger partial charge in [-0.05, 0) is 30.7 Å². The zero-order valence-electron chi connectivity index (χ0n) is 8.33. The van der Waals surface area contributed by atoms with Gasteiger partial charge in [0.25, 0.3) is 0 Å². The Morgan fingerprint density at radius 3 is 2.50 bits per heavy atom. The van der Waals surface area contributed by atoms with Gasteiger partial charge in [-0.3, -0.25) is 0 Å². The third-order valence-electron chi connectivity index (χ3n) is 2.14. The van der Waals surface area contributed by atoms with Crippen LogP contribution < -0.4 is 5.32 Å². The van der Waals surface area contributed by atoms with Crippen molar-refractivity contribution in [1.82, 2.24) is 5.32 Å². The van der Waals surface area contributed by atoms with E-state index >= 15 is 0 Å². The third kappa shape index (κ3) is 3.09. The summed E-state index contributed by atoms with van der Waals surface area (Å²) < 4.78 is 12.7. The van der Waals surface area contributed by atoms with Gasteiger partial charge in [-0.1, -0.05) is 19.1 Å². The summed E-state index contributed by atoms with van der Waals surface area (Å²) in [5, 5.41) is 12.1. The largest absolute Gasteiger partial charge is 0.396 e. The van der Waals surface area contributed by atoms with Crippen LogP contribution in [-0.4, -0.2) is 18.3 Å². The van der Waals surface area contributed by atoms with Crippen LogP contribution in [0.2, 0.25) is 0 Å². The lowest BCUT2D eigenvalue weighted by atomic mass is 10.0. The van der Waals surface area contributed by atoms with E-state index in [1.54, 1.807) is 12.1 Å². The van der Waals surface area contributed by atoms with Gasteiger partial charge in [0.1, 0.15) is 5.82 Å². The van der Waals surface area contributed by atoms with Crippen LogP contribution in [0.5, 0.6) is 0 Å². The highest BCUT2D eigenvalue weighted by atomic mass is 19.1. The molecule has 0 aliphatic rings. The molecule has 14 heavy (non-hydrogen) atoms. The first-order chi connectivity index (χ1) is 6.77. The zero-order valence-corrected chi connectivity index (χ0v) is 8.33. The highest BCUT2D eigenvalue weighted by Gasteiger charge is 2.08. The quantitative estimate of drug-likeness (QED) is 0.755. The Balaban J connectivity index is 2.71. The summed E-state index contributed by atoms with van der Waals surface area (Å²) in [5.74, 6) is -0.229. The Morgan fingerprint density at radius 1 is 1.36 bits per heavy atom. The maximum absolute atomic E-state index is 12.7. The normalized spacial score (nSPS) is 12.8. The van der Waals surface area contributed by atoms with Gasteiger partial charge in [0.05, 0.1) is 0 Å². The third-order valence-corrected chi connectivity index (χ3v) is 2.14. The van der Waals surface area contributed by atoms with Gasteiger partial charge in [-0.2, -0.15) is 0 Å². The number of benzene rings is 1. The molecule has 2 N–H and O–H groups in total. The lowest BCUT2D eigenvalue weighted by molar-refractivity contribution is 0.266. The van der Waals surface area contributed by atoms with E-state index in [0.717, 1.165) is 12.1 Å². The van der Waals surface area contributed by atoms with Crippen molar-refractivity contribution in [2.24, 2.45) is 0 Å². The Labute approximate surface area is 83.8 Å². The average molecular weight is 197 g/mol. The van der Waals surface area contributed by atoms with E-state index in [1.807, 2.05) is 6.92 Å². The van der Waals surface area contributed by atoms with Crippen molar-refractivity contribution in [2.75, 3.05) is 13.2 Å². The highest BCUT2D eigenvalue weighted by molar-refractivity contribution is 5.19. The molecule has 0 aliphatic carbocycles. The van der Waals surface area contributed by atoms with Gasteiger partial charge in [0.15, 0.2) is 0 Å². The van der Waals surface area contributed by atoms with E-state index in [1.165, 1.54) is 12.1 Å². The van der Waals surface area contributed by atoms with Crippen molar-refractivity contribution < 1.29 is 9.50 Å². The van der Waals surface area contributed by atoms with Crippen LogP contribution in [0.1, 0.15) is 24.9 Å². The van der Waals surface area contributed by atoms with E-state index in [2.05, 4.69) is 5.32 Å². The molecule has 0 radical (unpaired) electrons. The van der Waals surface area contributed by atoms with Gasteiger partial charge < -0.3 is 10.4 Å². The molecule has 1 aromatic carbocycles. The minimum atomic E-state index is -0.229. The first-order valence-electron chi connectivity index (χ1n) is 4.87. The van der Waals surface area contributed by atoms with Crippen molar-refractivity contribution in [1.29, 1.82) is 0 Å². The first kappa shape index (κ1) is 11.1. The van der Waals surface area contributed by atoms with Crippen LogP contribution in [0.25, 0.3) is 0 Å². The fourth-order valence-corrected chi connectivity index (χ4v) is 1.46. The second-order valence-electron chi connectivity index (χ2n) is 3.17. The molecule has 0 aromatic heterocycles. The Kier molecular flexibility index (Phi) is 4.56. The number of hydrogen-bond acceptors (Lipinski definition) is 2. The fraction of sp³-hybridized carbons (Fsp3) is 0.455. The number of aliphatic hydroxyl groups excluding tert-OH is 1. The molecule has 1 rings (SSSR count). The summed E-state index contributed by atoms with van der Waals surface area (Å²) in [7, 11) is 0. The molecule has 2 nitrogen and oxygen atoms in total. The van der Waals surface area contributed by atoms with Crippen LogP contribution >= 0.6 is 0 Å². The van der Waals surface area contributed by atoms with E-state index in [4.69, 9.17) is 5.11 Å². The van der Waals surface area contributed by atoms with Crippen LogP contribution in [0.15, 0.2) is 24.3 Å². The fourth-order valence-electron chi connectivity index (χ4n) is 1.46. The average Bonchev–Trinajstić information content (AvgIpc) is 2.19. The summed E-state index contributed by atoms with van der Waals surface area (Å²) in [4.78, 5) is 0. The van der Waals surface area contributed by atoms with Crippen LogP contribution in [-0.2, 0) is 0 Å². The molecule has 0 heterocycles. The summed E-state index contributed by atoms with van der Waals surface area (Å²) in [6.45, 7) is 2.98. The summed E-state index contributed by atoms with van der Waals surface area (Å²) in [5.41, 5.74) is 1.02. The number of nitrogens with one attached hydrogen (secondary N) is 1. The molecule has 1 unspecified atom stereocenters. The molecular weight excluding hydrogens is 181 g/mol. The number of aliphatic hydroxyl groups is 1. The maximum atomic E-state index is 12.7. The van der Waals surface area contributed by atoms with Crippen molar-refractivity contribution in [3.63, 3.8) is 0 Å².